The Kier molecular flexibility index (Phi) is 6.57. The first kappa shape index (κ1) is 28.4. The Hall–Kier alpha value is -6.57. The Morgan fingerprint density at radius 2 is 0.920 bits per heavy atom. The van der Waals surface area contributed by atoms with Crippen molar-refractivity contribution in [2.75, 3.05) is 0 Å². The molecule has 234 valence electrons. The zero-order chi connectivity index (χ0) is 33.0. The molecule has 0 N–H and O–H groups in total. The fourth-order valence-electron chi connectivity index (χ4n) is 6.57. The number of thiophene rings is 1. The summed E-state index contributed by atoms with van der Waals surface area (Å²) in [6, 6.07) is 50.9. The van der Waals surface area contributed by atoms with Gasteiger partial charge >= 0.3 is 0 Å². The van der Waals surface area contributed by atoms with Gasteiger partial charge < -0.3 is 4.42 Å². The minimum Gasteiger partial charge on any atom is -0.456 e. The predicted octanol–water partition coefficient (Wildman–Crippen LogP) is 11.3. The van der Waals surface area contributed by atoms with Gasteiger partial charge in [0.25, 0.3) is 0 Å². The van der Waals surface area contributed by atoms with Crippen molar-refractivity contribution in [1.29, 1.82) is 0 Å². The standard InChI is InChI=1S/C43H25N5OS/c1-4-13-26(14-5-1)36-39-37(32-23-24-34-35(38(32)50-39)31-21-10-11-22-33(31)49-34)45-42(44-36)29-19-12-20-30(25-29)43-47-40(27-15-6-2-7-16-27)46-41(48-43)28-17-8-3-9-18-28/h1-25H. The number of para-hydroxylation sites is 1. The number of furan rings is 1. The highest BCUT2D eigenvalue weighted by atomic mass is 32.1. The van der Waals surface area contributed by atoms with Crippen LogP contribution in [0.15, 0.2) is 156 Å². The number of hydrogen-bond acceptors (Lipinski definition) is 7. The van der Waals surface area contributed by atoms with Crippen LogP contribution in [0.3, 0.4) is 0 Å². The van der Waals surface area contributed by atoms with Gasteiger partial charge in [0.15, 0.2) is 23.3 Å². The lowest BCUT2D eigenvalue weighted by Gasteiger charge is -2.10. The second-order valence-corrected chi connectivity index (χ2v) is 13.1. The van der Waals surface area contributed by atoms with E-state index < -0.39 is 0 Å². The highest BCUT2D eigenvalue weighted by molar-refractivity contribution is 7.27. The average molecular weight is 660 g/mol. The van der Waals surface area contributed by atoms with Crippen molar-refractivity contribution in [3.63, 3.8) is 0 Å². The highest BCUT2D eigenvalue weighted by Crippen LogP contribution is 2.45. The van der Waals surface area contributed by atoms with Crippen molar-refractivity contribution in [3.8, 4) is 56.8 Å². The number of aromatic nitrogens is 5. The molecule has 7 heteroatoms. The second kappa shape index (κ2) is 11.5. The molecule has 6 nitrogen and oxygen atoms in total. The lowest BCUT2D eigenvalue weighted by Crippen LogP contribution is -2.00. The predicted molar refractivity (Wildman–Crippen MR) is 203 cm³/mol. The Morgan fingerprint density at radius 3 is 1.58 bits per heavy atom. The minimum atomic E-state index is 0.583. The first-order chi connectivity index (χ1) is 24.8. The molecule has 6 aromatic carbocycles. The number of fused-ring (bicyclic) bond motifs is 7. The molecule has 0 bridgehead atoms. The molecule has 0 radical (unpaired) electrons. The van der Waals surface area contributed by atoms with Crippen molar-refractivity contribution in [2.45, 2.75) is 0 Å². The molecule has 0 saturated heterocycles. The first-order valence-electron chi connectivity index (χ1n) is 16.3. The maximum Gasteiger partial charge on any atom is 0.164 e. The lowest BCUT2D eigenvalue weighted by atomic mass is 10.1. The molecule has 0 atom stereocenters. The molecule has 4 aromatic heterocycles. The van der Waals surface area contributed by atoms with Crippen molar-refractivity contribution >= 4 is 53.6 Å². The van der Waals surface area contributed by atoms with E-state index in [1.165, 1.54) is 0 Å². The zero-order valence-electron chi connectivity index (χ0n) is 26.5. The Labute approximate surface area is 290 Å². The van der Waals surface area contributed by atoms with Crippen LogP contribution in [0.1, 0.15) is 0 Å². The van der Waals surface area contributed by atoms with Crippen molar-refractivity contribution in [1.82, 2.24) is 24.9 Å². The van der Waals surface area contributed by atoms with Gasteiger partial charge in [0.1, 0.15) is 11.2 Å². The summed E-state index contributed by atoms with van der Waals surface area (Å²) in [6.07, 6.45) is 0. The maximum atomic E-state index is 6.25. The minimum absolute atomic E-state index is 0.583. The number of hydrogen-bond donors (Lipinski definition) is 0. The van der Waals surface area contributed by atoms with Gasteiger partial charge in [-0.05, 0) is 24.3 Å². The van der Waals surface area contributed by atoms with E-state index in [0.717, 1.165) is 75.8 Å². The van der Waals surface area contributed by atoms with E-state index in [9.17, 15) is 0 Å². The third-order valence-corrected chi connectivity index (χ3v) is 10.2. The normalized spacial score (nSPS) is 11.6. The first-order valence-corrected chi connectivity index (χ1v) is 17.2. The highest BCUT2D eigenvalue weighted by Gasteiger charge is 2.21. The molecule has 0 aliphatic heterocycles. The van der Waals surface area contributed by atoms with Gasteiger partial charge in [-0.15, -0.1) is 11.3 Å². The SMILES string of the molecule is c1ccc(-c2nc(-c3ccccc3)nc(-c3cccc(-c4nc(-c5ccccc5)c5sc6c(ccc7oc8ccccc8c76)c5n4)c3)n2)cc1. The summed E-state index contributed by atoms with van der Waals surface area (Å²) in [5.74, 6) is 2.45. The topological polar surface area (TPSA) is 77.6 Å². The molecule has 0 spiro atoms. The Morgan fingerprint density at radius 1 is 0.380 bits per heavy atom. The largest absolute Gasteiger partial charge is 0.456 e. The molecule has 0 saturated carbocycles. The van der Waals surface area contributed by atoms with Gasteiger partial charge in [-0.3, -0.25) is 0 Å². The molecule has 0 aliphatic carbocycles. The molecule has 0 fully saturated rings. The van der Waals surface area contributed by atoms with Crippen LogP contribution < -0.4 is 0 Å². The van der Waals surface area contributed by atoms with E-state index in [1.807, 2.05) is 109 Å². The van der Waals surface area contributed by atoms with Crippen LogP contribution in [-0.2, 0) is 0 Å². The third-order valence-electron chi connectivity index (χ3n) is 8.95. The zero-order valence-corrected chi connectivity index (χ0v) is 27.3. The molecular weight excluding hydrogens is 635 g/mol. The summed E-state index contributed by atoms with van der Waals surface area (Å²) < 4.78 is 8.44. The summed E-state index contributed by atoms with van der Waals surface area (Å²) >= 11 is 1.72. The molecule has 4 heterocycles. The second-order valence-electron chi connectivity index (χ2n) is 12.1. The van der Waals surface area contributed by atoms with Gasteiger partial charge in [-0.25, -0.2) is 24.9 Å². The fourth-order valence-corrected chi connectivity index (χ4v) is 7.87. The summed E-state index contributed by atoms with van der Waals surface area (Å²) in [5.41, 5.74) is 8.18. The molecule has 50 heavy (non-hydrogen) atoms. The van der Waals surface area contributed by atoms with Gasteiger partial charge in [0, 0.05) is 48.7 Å². The number of nitrogens with zero attached hydrogens (tertiary/aromatic N) is 5. The molecular formula is C43H25N5OS. The van der Waals surface area contributed by atoms with E-state index in [4.69, 9.17) is 29.3 Å². The fraction of sp³-hybridized carbons (Fsp3) is 0. The smallest absolute Gasteiger partial charge is 0.164 e. The monoisotopic (exact) mass is 659 g/mol. The van der Waals surface area contributed by atoms with Gasteiger partial charge in [-0.2, -0.15) is 0 Å². The molecule has 10 rings (SSSR count). The maximum absolute atomic E-state index is 6.25. The quantitative estimate of drug-likeness (QED) is 0.183. The molecule has 0 amide bonds. The summed E-state index contributed by atoms with van der Waals surface area (Å²) in [6.45, 7) is 0. The molecule has 0 unspecified atom stereocenters. The van der Waals surface area contributed by atoms with Crippen molar-refractivity contribution in [2.24, 2.45) is 0 Å². The van der Waals surface area contributed by atoms with E-state index in [1.54, 1.807) is 11.3 Å². The number of rotatable bonds is 5. The van der Waals surface area contributed by atoms with E-state index in [-0.39, 0.29) is 0 Å². The van der Waals surface area contributed by atoms with Crippen LogP contribution in [0.2, 0.25) is 0 Å². The summed E-state index contributed by atoms with van der Waals surface area (Å²) in [4.78, 5) is 25.3. The van der Waals surface area contributed by atoms with Gasteiger partial charge in [-0.1, -0.05) is 127 Å². The summed E-state index contributed by atoms with van der Waals surface area (Å²) in [7, 11) is 0. The van der Waals surface area contributed by atoms with Crippen LogP contribution in [-0.4, -0.2) is 24.9 Å². The Bertz CT molecular complexity index is 2810. The number of benzene rings is 6. The van der Waals surface area contributed by atoms with E-state index in [2.05, 4.69) is 42.5 Å². The van der Waals surface area contributed by atoms with Crippen LogP contribution >= 0.6 is 11.3 Å². The van der Waals surface area contributed by atoms with E-state index >= 15 is 0 Å². The van der Waals surface area contributed by atoms with Crippen LogP contribution in [0, 0.1) is 0 Å². The molecule has 0 aliphatic rings. The third kappa shape index (κ3) is 4.75. The summed E-state index contributed by atoms with van der Waals surface area (Å²) in [5, 5.41) is 3.30. The van der Waals surface area contributed by atoms with Crippen LogP contribution in [0.5, 0.6) is 0 Å². The Balaban J connectivity index is 1.18. The average Bonchev–Trinajstić information content (AvgIpc) is 3.77. The van der Waals surface area contributed by atoms with Gasteiger partial charge in [0.05, 0.1) is 15.9 Å². The lowest BCUT2D eigenvalue weighted by molar-refractivity contribution is 0.669. The van der Waals surface area contributed by atoms with E-state index in [0.29, 0.717) is 23.3 Å². The van der Waals surface area contributed by atoms with Crippen LogP contribution in [0.25, 0.3) is 99.1 Å². The van der Waals surface area contributed by atoms with Crippen molar-refractivity contribution in [3.05, 3.63) is 152 Å². The molecule has 10 aromatic rings. The van der Waals surface area contributed by atoms with Crippen molar-refractivity contribution < 1.29 is 4.42 Å². The van der Waals surface area contributed by atoms with Crippen LogP contribution in [0.4, 0.5) is 0 Å². The van der Waals surface area contributed by atoms with Gasteiger partial charge in [0.2, 0.25) is 0 Å².